The van der Waals surface area contributed by atoms with E-state index in [0.29, 0.717) is 23.6 Å². The van der Waals surface area contributed by atoms with Crippen LogP contribution in [0.5, 0.6) is 5.75 Å². The van der Waals surface area contributed by atoms with Crippen LogP contribution in [0.3, 0.4) is 0 Å². The number of rotatable bonds is 7. The Bertz CT molecular complexity index is 819. The van der Waals surface area contributed by atoms with Gasteiger partial charge < -0.3 is 19.7 Å². The fraction of sp³-hybridized carbons (Fsp3) is 0.333. The summed E-state index contributed by atoms with van der Waals surface area (Å²) in [5.74, 6) is -0.472. The lowest BCUT2D eigenvalue weighted by molar-refractivity contribution is -0.116. The Labute approximate surface area is 163 Å². The van der Waals surface area contributed by atoms with Crippen molar-refractivity contribution in [2.24, 2.45) is 0 Å². The second-order valence-corrected chi connectivity index (χ2v) is 6.69. The molecule has 0 radical (unpaired) electrons. The molecule has 3 rings (SSSR count). The van der Waals surface area contributed by atoms with E-state index in [0.717, 1.165) is 19.4 Å². The summed E-state index contributed by atoms with van der Waals surface area (Å²) >= 11 is 0. The molecule has 28 heavy (non-hydrogen) atoms. The molecule has 7 heteroatoms. The quantitative estimate of drug-likeness (QED) is 0.794. The molecule has 0 bridgehead atoms. The Morgan fingerprint density at radius 1 is 1.25 bits per heavy atom. The van der Waals surface area contributed by atoms with E-state index in [1.165, 1.54) is 30.1 Å². The molecule has 0 aromatic heterocycles. The average Bonchev–Trinajstić information content (AvgIpc) is 3.19. The maximum Gasteiger partial charge on any atom is 0.254 e. The molecule has 2 aromatic carbocycles. The molecule has 1 saturated heterocycles. The second kappa shape index (κ2) is 9.32. The molecule has 1 aliphatic rings. The van der Waals surface area contributed by atoms with Gasteiger partial charge in [-0.05, 0) is 55.3 Å². The summed E-state index contributed by atoms with van der Waals surface area (Å²) in [6.07, 6.45) is 2.18. The van der Waals surface area contributed by atoms with Gasteiger partial charge in [0.05, 0.1) is 12.6 Å². The highest BCUT2D eigenvalue weighted by Crippen LogP contribution is 2.17. The number of benzene rings is 2. The van der Waals surface area contributed by atoms with Crippen LogP contribution >= 0.6 is 0 Å². The van der Waals surface area contributed by atoms with Crippen molar-refractivity contribution in [1.29, 1.82) is 0 Å². The first kappa shape index (κ1) is 19.8. The lowest BCUT2D eigenvalue weighted by Crippen LogP contribution is -2.34. The standard InChI is InChI=1S/C21H23FN2O4/c1-24(13-20(25)23-17-5-2-4-16(22)12-17)21(26)15-7-9-18(10-8-15)28-14-19-6-3-11-27-19/h2,4-5,7-10,12,19H,3,6,11,13-14H2,1H3,(H,23,25)/t19-/m0/s1. The minimum Gasteiger partial charge on any atom is -0.491 e. The molecule has 0 spiro atoms. The Kier molecular flexibility index (Phi) is 6.60. The summed E-state index contributed by atoms with van der Waals surface area (Å²) in [5, 5.41) is 2.57. The zero-order valence-corrected chi connectivity index (χ0v) is 15.7. The normalized spacial score (nSPS) is 15.9. The van der Waals surface area contributed by atoms with E-state index in [4.69, 9.17) is 9.47 Å². The summed E-state index contributed by atoms with van der Waals surface area (Å²) in [6.45, 7) is 1.13. The number of likely N-dealkylation sites (N-methyl/N-ethyl adjacent to an activating group) is 1. The van der Waals surface area contributed by atoms with Crippen LogP contribution in [0.4, 0.5) is 10.1 Å². The van der Waals surface area contributed by atoms with Crippen molar-refractivity contribution in [3.8, 4) is 5.75 Å². The fourth-order valence-electron chi connectivity index (χ4n) is 2.93. The van der Waals surface area contributed by atoms with Gasteiger partial charge in [-0.15, -0.1) is 0 Å². The predicted molar refractivity (Wildman–Crippen MR) is 103 cm³/mol. The summed E-state index contributed by atoms with van der Waals surface area (Å²) in [5.41, 5.74) is 0.795. The largest absolute Gasteiger partial charge is 0.491 e. The first-order valence-electron chi connectivity index (χ1n) is 9.16. The van der Waals surface area contributed by atoms with E-state index in [-0.39, 0.29) is 18.6 Å². The number of hydrogen-bond acceptors (Lipinski definition) is 4. The topological polar surface area (TPSA) is 67.9 Å². The lowest BCUT2D eigenvalue weighted by Gasteiger charge is -2.17. The number of nitrogens with zero attached hydrogens (tertiary/aromatic N) is 1. The maximum absolute atomic E-state index is 13.2. The minimum absolute atomic E-state index is 0.129. The van der Waals surface area contributed by atoms with Gasteiger partial charge in [0.25, 0.3) is 5.91 Å². The average molecular weight is 386 g/mol. The van der Waals surface area contributed by atoms with E-state index in [9.17, 15) is 14.0 Å². The SMILES string of the molecule is CN(CC(=O)Nc1cccc(F)c1)C(=O)c1ccc(OC[C@@H]2CCCO2)cc1. The number of carbonyl (C=O) groups excluding carboxylic acids is 2. The van der Waals surface area contributed by atoms with Crippen molar-refractivity contribution in [3.63, 3.8) is 0 Å². The van der Waals surface area contributed by atoms with Gasteiger partial charge in [0, 0.05) is 24.9 Å². The van der Waals surface area contributed by atoms with E-state index in [1.54, 1.807) is 30.3 Å². The highest BCUT2D eigenvalue weighted by atomic mass is 19.1. The van der Waals surface area contributed by atoms with Crippen LogP contribution in [-0.2, 0) is 9.53 Å². The molecule has 1 atom stereocenters. The van der Waals surface area contributed by atoms with Gasteiger partial charge in [-0.1, -0.05) is 6.07 Å². The number of amides is 2. The first-order valence-corrected chi connectivity index (χ1v) is 9.16. The third-order valence-electron chi connectivity index (χ3n) is 4.40. The summed E-state index contributed by atoms with van der Waals surface area (Å²) < 4.78 is 24.4. The van der Waals surface area contributed by atoms with Crippen molar-refractivity contribution in [2.45, 2.75) is 18.9 Å². The van der Waals surface area contributed by atoms with Gasteiger partial charge in [-0.25, -0.2) is 4.39 Å². The number of anilines is 1. The Morgan fingerprint density at radius 2 is 2.04 bits per heavy atom. The lowest BCUT2D eigenvalue weighted by atomic mass is 10.2. The number of hydrogen-bond donors (Lipinski definition) is 1. The van der Waals surface area contributed by atoms with E-state index >= 15 is 0 Å². The van der Waals surface area contributed by atoms with Crippen molar-refractivity contribution < 1.29 is 23.5 Å². The van der Waals surface area contributed by atoms with Gasteiger partial charge >= 0.3 is 0 Å². The first-order chi connectivity index (χ1) is 13.5. The predicted octanol–water partition coefficient (Wildman–Crippen LogP) is 3.09. The molecule has 2 amide bonds. The molecule has 1 N–H and O–H groups in total. The number of nitrogens with one attached hydrogen (secondary N) is 1. The van der Waals surface area contributed by atoms with Crippen LogP contribution in [0.1, 0.15) is 23.2 Å². The molecule has 0 saturated carbocycles. The molecule has 1 heterocycles. The van der Waals surface area contributed by atoms with Crippen molar-refractivity contribution in [3.05, 3.63) is 59.9 Å². The summed E-state index contributed by atoms with van der Waals surface area (Å²) in [7, 11) is 1.54. The van der Waals surface area contributed by atoms with Crippen LogP contribution in [0.15, 0.2) is 48.5 Å². The molecule has 0 aliphatic carbocycles. The van der Waals surface area contributed by atoms with Crippen LogP contribution < -0.4 is 10.1 Å². The molecule has 148 valence electrons. The zero-order valence-electron chi connectivity index (χ0n) is 15.7. The number of carbonyl (C=O) groups is 2. The van der Waals surface area contributed by atoms with E-state index in [2.05, 4.69) is 5.32 Å². The van der Waals surface area contributed by atoms with Crippen LogP contribution in [0, 0.1) is 5.82 Å². The van der Waals surface area contributed by atoms with E-state index < -0.39 is 11.7 Å². The maximum atomic E-state index is 13.2. The molecule has 0 unspecified atom stereocenters. The Balaban J connectivity index is 1.50. The molecule has 2 aromatic rings. The number of ether oxygens (including phenoxy) is 2. The third kappa shape index (κ3) is 5.53. The summed E-state index contributed by atoms with van der Waals surface area (Å²) in [6, 6.07) is 12.4. The minimum atomic E-state index is -0.441. The van der Waals surface area contributed by atoms with Gasteiger partial charge in [-0.3, -0.25) is 9.59 Å². The van der Waals surface area contributed by atoms with E-state index in [1.807, 2.05) is 0 Å². The Hall–Kier alpha value is -2.93. The number of halogens is 1. The third-order valence-corrected chi connectivity index (χ3v) is 4.40. The molecule has 1 fully saturated rings. The van der Waals surface area contributed by atoms with Crippen LogP contribution in [-0.4, -0.2) is 49.6 Å². The molecule has 1 aliphatic heterocycles. The van der Waals surface area contributed by atoms with Crippen LogP contribution in [0.2, 0.25) is 0 Å². The van der Waals surface area contributed by atoms with Crippen LogP contribution in [0.25, 0.3) is 0 Å². The highest BCUT2D eigenvalue weighted by Gasteiger charge is 2.17. The van der Waals surface area contributed by atoms with Crippen molar-refractivity contribution in [2.75, 3.05) is 32.1 Å². The monoisotopic (exact) mass is 386 g/mol. The fourth-order valence-corrected chi connectivity index (χ4v) is 2.93. The second-order valence-electron chi connectivity index (χ2n) is 6.69. The van der Waals surface area contributed by atoms with Gasteiger partial charge in [0.15, 0.2) is 0 Å². The molecule has 6 nitrogen and oxygen atoms in total. The smallest absolute Gasteiger partial charge is 0.254 e. The van der Waals surface area contributed by atoms with Crippen molar-refractivity contribution >= 4 is 17.5 Å². The van der Waals surface area contributed by atoms with Crippen molar-refractivity contribution in [1.82, 2.24) is 4.90 Å². The van der Waals surface area contributed by atoms with Gasteiger partial charge in [-0.2, -0.15) is 0 Å². The summed E-state index contributed by atoms with van der Waals surface area (Å²) in [4.78, 5) is 25.9. The zero-order chi connectivity index (χ0) is 19.9. The van der Waals surface area contributed by atoms with Gasteiger partial charge in [0.1, 0.15) is 18.2 Å². The molecular weight excluding hydrogens is 363 g/mol. The molecular formula is C21H23FN2O4. The highest BCUT2D eigenvalue weighted by molar-refractivity contribution is 5.99. The van der Waals surface area contributed by atoms with Gasteiger partial charge in [0.2, 0.25) is 5.91 Å². The Morgan fingerprint density at radius 3 is 2.71 bits per heavy atom.